The zero-order valence-corrected chi connectivity index (χ0v) is 13.0. The first-order valence-electron chi connectivity index (χ1n) is 6.73. The summed E-state index contributed by atoms with van der Waals surface area (Å²) < 4.78 is 0. The third kappa shape index (κ3) is 2.33. The Bertz CT molecular complexity index is 460. The smallest absolute Gasteiger partial charge is 0.235 e. The highest BCUT2D eigenvalue weighted by Gasteiger charge is 2.58. The summed E-state index contributed by atoms with van der Waals surface area (Å²) >= 11 is 10.3. The second kappa shape index (κ2) is 5.37. The monoisotopic (exact) mass is 313 g/mol. The van der Waals surface area contributed by atoms with E-state index in [9.17, 15) is 9.59 Å². The van der Waals surface area contributed by atoms with Crippen LogP contribution in [0.5, 0.6) is 0 Å². The van der Waals surface area contributed by atoms with E-state index in [1.165, 1.54) is 0 Å². The largest absolute Gasteiger partial charge is 0.393 e. The summed E-state index contributed by atoms with van der Waals surface area (Å²) in [5.74, 6) is -1.77. The Morgan fingerprint density at radius 2 is 2.05 bits per heavy atom. The third-order valence-corrected chi connectivity index (χ3v) is 5.13. The van der Waals surface area contributed by atoms with Gasteiger partial charge in [-0.15, -0.1) is 0 Å². The van der Waals surface area contributed by atoms with Crippen LogP contribution in [-0.4, -0.2) is 21.8 Å². The Hall–Kier alpha value is -1.08. The van der Waals surface area contributed by atoms with Crippen LogP contribution < -0.4 is 16.8 Å². The fraction of sp³-hybridized carbons (Fsp3) is 0.692. The molecule has 1 aliphatic carbocycles. The Kier molecular flexibility index (Phi) is 4.11. The number of hydrogen-bond donors (Lipinski definition) is 3. The Labute approximate surface area is 128 Å². The first-order valence-corrected chi connectivity index (χ1v) is 7.54. The molecule has 2 aliphatic rings. The van der Waals surface area contributed by atoms with Crippen LogP contribution in [0.15, 0.2) is 0 Å². The molecule has 1 aliphatic heterocycles. The maximum absolute atomic E-state index is 12.3. The number of primary amides is 1. The van der Waals surface area contributed by atoms with E-state index in [2.05, 4.69) is 12.2 Å². The van der Waals surface area contributed by atoms with Crippen molar-refractivity contribution in [3.8, 4) is 0 Å². The van der Waals surface area contributed by atoms with E-state index in [-0.39, 0.29) is 15.9 Å². The molecule has 7 heteroatoms. The van der Waals surface area contributed by atoms with Crippen LogP contribution in [0.2, 0.25) is 0 Å². The van der Waals surface area contributed by atoms with E-state index in [1.54, 1.807) is 0 Å². The number of thiocarbonyl (C=S) groups is 2. The molecule has 5 nitrogen and oxygen atoms in total. The van der Waals surface area contributed by atoms with Gasteiger partial charge in [0, 0.05) is 5.41 Å². The van der Waals surface area contributed by atoms with Crippen LogP contribution in [0, 0.1) is 23.2 Å². The van der Waals surface area contributed by atoms with Gasteiger partial charge in [0.25, 0.3) is 0 Å². The van der Waals surface area contributed by atoms with Crippen molar-refractivity contribution in [2.45, 2.75) is 32.6 Å². The molecule has 2 amide bonds. The molecule has 110 valence electrons. The van der Waals surface area contributed by atoms with Crippen molar-refractivity contribution in [3.05, 3.63) is 0 Å². The molecule has 5 N–H and O–H groups in total. The summed E-state index contributed by atoms with van der Waals surface area (Å²) in [4.78, 5) is 24.5. The topological polar surface area (TPSA) is 98.2 Å². The van der Waals surface area contributed by atoms with Gasteiger partial charge in [-0.05, 0) is 18.8 Å². The molecular formula is C13H19N3O2S2. The maximum atomic E-state index is 12.3. The second-order valence-electron chi connectivity index (χ2n) is 5.96. The van der Waals surface area contributed by atoms with Gasteiger partial charge in [-0.1, -0.05) is 44.2 Å². The molecule has 1 spiro atoms. The quantitative estimate of drug-likeness (QED) is 0.650. The van der Waals surface area contributed by atoms with Gasteiger partial charge in [-0.25, -0.2) is 0 Å². The SMILES string of the molecule is CC1CCCC2(C1)C(C(N)=S)C(=O)NC(=S)C2C(N)=O. The fourth-order valence-corrected chi connectivity index (χ4v) is 4.73. The molecule has 1 saturated heterocycles. The molecule has 1 saturated carbocycles. The summed E-state index contributed by atoms with van der Waals surface area (Å²) in [7, 11) is 0. The number of amides is 2. The fourth-order valence-electron chi connectivity index (χ4n) is 3.94. The molecule has 0 aromatic rings. The highest BCUT2D eigenvalue weighted by atomic mass is 32.1. The van der Waals surface area contributed by atoms with Crippen LogP contribution in [-0.2, 0) is 9.59 Å². The van der Waals surface area contributed by atoms with Crippen LogP contribution in [0.3, 0.4) is 0 Å². The lowest BCUT2D eigenvalue weighted by atomic mass is 9.55. The average Bonchev–Trinajstić information content (AvgIpc) is 2.25. The average molecular weight is 313 g/mol. The summed E-state index contributed by atoms with van der Waals surface area (Å²) in [5.41, 5.74) is 10.7. The molecule has 0 radical (unpaired) electrons. The molecule has 4 unspecified atom stereocenters. The Balaban J connectivity index is 2.55. The molecule has 0 bridgehead atoms. The summed E-state index contributed by atoms with van der Waals surface area (Å²) in [6.45, 7) is 2.10. The van der Waals surface area contributed by atoms with E-state index < -0.39 is 23.2 Å². The Morgan fingerprint density at radius 3 is 2.55 bits per heavy atom. The van der Waals surface area contributed by atoms with Gasteiger partial charge in [0.15, 0.2) is 0 Å². The number of carbonyl (C=O) groups excluding carboxylic acids is 2. The van der Waals surface area contributed by atoms with E-state index in [1.807, 2.05) is 0 Å². The highest BCUT2D eigenvalue weighted by molar-refractivity contribution is 7.80. The van der Waals surface area contributed by atoms with Crippen molar-refractivity contribution < 1.29 is 9.59 Å². The van der Waals surface area contributed by atoms with Gasteiger partial charge < -0.3 is 16.8 Å². The second-order valence-corrected chi connectivity index (χ2v) is 6.87. The molecule has 4 atom stereocenters. The number of hydrogen-bond acceptors (Lipinski definition) is 4. The van der Waals surface area contributed by atoms with Crippen molar-refractivity contribution in [1.29, 1.82) is 0 Å². The molecule has 20 heavy (non-hydrogen) atoms. The molecule has 0 aromatic heterocycles. The maximum Gasteiger partial charge on any atom is 0.235 e. The van der Waals surface area contributed by atoms with E-state index in [0.717, 1.165) is 12.8 Å². The highest BCUT2D eigenvalue weighted by Crippen LogP contribution is 2.52. The molecule has 0 aromatic carbocycles. The van der Waals surface area contributed by atoms with Crippen LogP contribution in [0.25, 0.3) is 0 Å². The van der Waals surface area contributed by atoms with Gasteiger partial charge in [0.2, 0.25) is 11.8 Å². The normalized spacial score (nSPS) is 37.5. The van der Waals surface area contributed by atoms with E-state index in [4.69, 9.17) is 35.9 Å². The van der Waals surface area contributed by atoms with Crippen LogP contribution in [0.4, 0.5) is 0 Å². The zero-order valence-electron chi connectivity index (χ0n) is 11.3. The van der Waals surface area contributed by atoms with Crippen molar-refractivity contribution in [3.63, 3.8) is 0 Å². The summed E-state index contributed by atoms with van der Waals surface area (Å²) in [6, 6.07) is 0. The summed E-state index contributed by atoms with van der Waals surface area (Å²) in [5, 5.41) is 2.55. The van der Waals surface area contributed by atoms with Gasteiger partial charge in [-0.3, -0.25) is 9.59 Å². The lowest BCUT2D eigenvalue weighted by molar-refractivity contribution is -0.134. The number of nitrogens with two attached hydrogens (primary N) is 2. The molecular weight excluding hydrogens is 294 g/mol. The minimum absolute atomic E-state index is 0.116. The summed E-state index contributed by atoms with van der Waals surface area (Å²) in [6.07, 6.45) is 3.36. The molecule has 2 rings (SSSR count). The van der Waals surface area contributed by atoms with Crippen LogP contribution in [0.1, 0.15) is 32.6 Å². The zero-order chi connectivity index (χ0) is 15.1. The first-order chi connectivity index (χ1) is 9.29. The van der Waals surface area contributed by atoms with Crippen molar-refractivity contribution in [1.82, 2.24) is 5.32 Å². The number of rotatable bonds is 2. The lowest BCUT2D eigenvalue weighted by Crippen LogP contribution is -2.64. The van der Waals surface area contributed by atoms with Gasteiger partial charge in [0.1, 0.15) is 0 Å². The standard InChI is InChI=1S/C13H19N3O2S2/c1-6-3-2-4-13(5-6)7(9(14)17)12(20)16-11(18)8(13)10(15)19/h6-8H,2-5H2,1H3,(H2,14,17)(H2,15,19)(H,16,18,20). The number of piperidine rings is 1. The Morgan fingerprint density at radius 1 is 1.40 bits per heavy atom. The van der Waals surface area contributed by atoms with E-state index in [0.29, 0.717) is 18.8 Å². The minimum atomic E-state index is -0.676. The third-order valence-electron chi connectivity index (χ3n) is 4.56. The van der Waals surface area contributed by atoms with Crippen LogP contribution >= 0.6 is 24.4 Å². The predicted octanol–water partition coefficient (Wildman–Crippen LogP) is 0.644. The molecule has 1 heterocycles. The number of nitrogens with one attached hydrogen (secondary N) is 1. The number of carbonyl (C=O) groups is 2. The van der Waals surface area contributed by atoms with Crippen molar-refractivity contribution in [2.24, 2.45) is 34.6 Å². The van der Waals surface area contributed by atoms with Crippen molar-refractivity contribution >= 4 is 46.2 Å². The lowest BCUT2D eigenvalue weighted by Gasteiger charge is -2.51. The molecule has 2 fully saturated rings. The van der Waals surface area contributed by atoms with Gasteiger partial charge >= 0.3 is 0 Å². The minimum Gasteiger partial charge on any atom is -0.393 e. The van der Waals surface area contributed by atoms with Gasteiger partial charge in [-0.2, -0.15) is 0 Å². The predicted molar refractivity (Wildman–Crippen MR) is 83.8 cm³/mol. The van der Waals surface area contributed by atoms with E-state index >= 15 is 0 Å². The first kappa shape index (κ1) is 15.3. The van der Waals surface area contributed by atoms with Gasteiger partial charge in [0.05, 0.1) is 21.8 Å². The van der Waals surface area contributed by atoms with Crippen molar-refractivity contribution in [2.75, 3.05) is 0 Å².